The second kappa shape index (κ2) is 10.5. The van der Waals surface area contributed by atoms with Gasteiger partial charge in [-0.05, 0) is 31.4 Å². The van der Waals surface area contributed by atoms with Crippen LogP contribution in [-0.4, -0.2) is 16.8 Å². The van der Waals surface area contributed by atoms with Gasteiger partial charge in [0.15, 0.2) is 0 Å². The Labute approximate surface area is 135 Å². The third-order valence-corrected chi connectivity index (χ3v) is 3.57. The van der Waals surface area contributed by atoms with Gasteiger partial charge in [0.2, 0.25) is 6.41 Å². The Morgan fingerprint density at radius 1 is 1.37 bits per heavy atom. The summed E-state index contributed by atoms with van der Waals surface area (Å²) in [6.07, 6.45) is 4.50. The van der Waals surface area contributed by atoms with Gasteiger partial charge in [0, 0.05) is 12.7 Å². The average Bonchev–Trinajstić information content (AvgIpc) is 2.36. The molecule has 0 aromatic heterocycles. The smallest absolute Gasteiger partial charge is 0.213 e. The lowest BCUT2D eigenvalue weighted by Crippen LogP contribution is -2.16. The Hall–Kier alpha value is -0.290. The Balaban J connectivity index is 0.000000399. The normalized spacial score (nSPS) is 11.3. The van der Waals surface area contributed by atoms with E-state index in [-0.39, 0.29) is 0 Å². The molecule has 0 aliphatic heterocycles. The van der Waals surface area contributed by atoms with Gasteiger partial charge in [-0.1, -0.05) is 60.6 Å². The maximum atomic E-state index is 10.5. The third-order valence-electron chi connectivity index (χ3n) is 2.73. The van der Waals surface area contributed by atoms with E-state index in [1.165, 1.54) is 12.8 Å². The van der Waals surface area contributed by atoms with Crippen molar-refractivity contribution in [3.05, 3.63) is 29.3 Å². The van der Waals surface area contributed by atoms with Crippen LogP contribution in [-0.2, 0) is 4.79 Å². The van der Waals surface area contributed by atoms with Gasteiger partial charge in [-0.2, -0.15) is 0 Å². The molecule has 0 spiro atoms. The van der Waals surface area contributed by atoms with Crippen LogP contribution in [0.4, 0.5) is 5.69 Å². The first-order valence-corrected chi connectivity index (χ1v) is 8.14. The molecule has 108 valence electrons. The van der Waals surface area contributed by atoms with Gasteiger partial charge < -0.3 is 4.90 Å². The molecule has 0 radical (unpaired) electrons. The summed E-state index contributed by atoms with van der Waals surface area (Å²) in [6.45, 7) is 6.18. The zero-order valence-electron chi connectivity index (χ0n) is 12.1. The van der Waals surface area contributed by atoms with Crippen molar-refractivity contribution in [3.63, 3.8) is 0 Å². The maximum absolute atomic E-state index is 10.5. The number of alkyl halides is 2. The fraction of sp³-hybridized carbons (Fsp3) is 0.533. The van der Waals surface area contributed by atoms with Crippen LogP contribution in [0.15, 0.2) is 18.2 Å². The molecule has 0 N–H and O–H groups in total. The molecule has 0 fully saturated rings. The number of amides is 1. The summed E-state index contributed by atoms with van der Waals surface area (Å²) in [5, 5.41) is 0. The van der Waals surface area contributed by atoms with Crippen LogP contribution in [0.2, 0.25) is 0 Å². The van der Waals surface area contributed by atoms with Crippen LogP contribution < -0.4 is 4.90 Å². The number of anilines is 1. The molecule has 1 unspecified atom stereocenters. The topological polar surface area (TPSA) is 20.3 Å². The second-order valence-electron chi connectivity index (χ2n) is 4.49. The summed E-state index contributed by atoms with van der Waals surface area (Å²) < 4.78 is 0.345. The van der Waals surface area contributed by atoms with Crippen molar-refractivity contribution in [1.82, 2.24) is 0 Å². The molecule has 4 heteroatoms. The number of hydrogen-bond donors (Lipinski definition) is 0. The van der Waals surface area contributed by atoms with Gasteiger partial charge in [0.05, 0.1) is 3.38 Å². The quantitative estimate of drug-likeness (QED) is 0.387. The Morgan fingerprint density at radius 3 is 2.21 bits per heavy atom. The second-order valence-corrected chi connectivity index (χ2v) is 7.26. The van der Waals surface area contributed by atoms with Gasteiger partial charge in [0.1, 0.15) is 0 Å². The number of benzene rings is 1. The molecule has 0 bridgehead atoms. The molecule has 1 aromatic rings. The SMILES string of the molecule is CCCCC(Cl)I.Cc1cccc(C)c1N(C)C=O. The molecule has 0 heterocycles. The minimum absolute atomic E-state index is 0.345. The van der Waals surface area contributed by atoms with E-state index in [1.54, 1.807) is 11.9 Å². The molecule has 0 saturated heterocycles. The number of aryl methyl sites for hydroxylation is 2. The number of para-hydroxylation sites is 1. The van der Waals surface area contributed by atoms with Crippen molar-refractivity contribution in [2.75, 3.05) is 11.9 Å². The van der Waals surface area contributed by atoms with Crippen LogP contribution in [0.25, 0.3) is 0 Å². The summed E-state index contributed by atoms with van der Waals surface area (Å²) in [4.78, 5) is 12.1. The zero-order chi connectivity index (χ0) is 14.8. The van der Waals surface area contributed by atoms with Gasteiger partial charge in [-0.3, -0.25) is 4.79 Å². The van der Waals surface area contributed by atoms with E-state index in [2.05, 4.69) is 29.5 Å². The Morgan fingerprint density at radius 2 is 1.89 bits per heavy atom. The number of nitrogens with zero attached hydrogens (tertiary/aromatic N) is 1. The average molecular weight is 396 g/mol. The van der Waals surface area contributed by atoms with Crippen molar-refractivity contribution in [2.24, 2.45) is 0 Å². The molecular weight excluding hydrogens is 373 g/mol. The van der Waals surface area contributed by atoms with Crippen LogP contribution in [0.3, 0.4) is 0 Å². The molecule has 0 aliphatic rings. The zero-order valence-corrected chi connectivity index (χ0v) is 15.0. The van der Waals surface area contributed by atoms with Crippen LogP contribution >= 0.6 is 34.2 Å². The molecule has 1 amide bonds. The predicted molar refractivity (Wildman–Crippen MR) is 93.6 cm³/mol. The lowest BCUT2D eigenvalue weighted by atomic mass is 10.1. The van der Waals surface area contributed by atoms with Gasteiger partial charge >= 0.3 is 0 Å². The first-order valence-electron chi connectivity index (χ1n) is 6.46. The molecular formula is C15H23ClINO. The Kier molecular flexibility index (Phi) is 10.3. The summed E-state index contributed by atoms with van der Waals surface area (Å²) in [6, 6.07) is 6.00. The van der Waals surface area contributed by atoms with E-state index in [0.717, 1.165) is 29.6 Å². The maximum Gasteiger partial charge on any atom is 0.213 e. The highest BCUT2D eigenvalue weighted by molar-refractivity contribution is 14.1. The first kappa shape index (κ1) is 18.7. The van der Waals surface area contributed by atoms with Gasteiger partial charge in [0.25, 0.3) is 0 Å². The van der Waals surface area contributed by atoms with E-state index in [9.17, 15) is 4.79 Å². The number of halogens is 2. The lowest BCUT2D eigenvalue weighted by molar-refractivity contribution is -0.107. The van der Waals surface area contributed by atoms with Crippen molar-refractivity contribution in [2.45, 2.75) is 43.4 Å². The summed E-state index contributed by atoms with van der Waals surface area (Å²) in [5.74, 6) is 0. The highest BCUT2D eigenvalue weighted by atomic mass is 127. The van der Waals surface area contributed by atoms with Gasteiger partial charge in [-0.15, -0.1) is 11.6 Å². The van der Waals surface area contributed by atoms with E-state index < -0.39 is 0 Å². The van der Waals surface area contributed by atoms with Crippen molar-refractivity contribution < 1.29 is 4.79 Å². The van der Waals surface area contributed by atoms with E-state index in [1.807, 2.05) is 32.0 Å². The lowest BCUT2D eigenvalue weighted by Gasteiger charge is -2.16. The largest absolute Gasteiger partial charge is 0.318 e. The summed E-state index contributed by atoms with van der Waals surface area (Å²) in [7, 11) is 1.77. The minimum Gasteiger partial charge on any atom is -0.318 e. The molecule has 1 atom stereocenters. The standard InChI is InChI=1S/C10H13NO.C5H10ClI/c1-8-5-4-6-9(2)10(8)11(3)7-12;1-2-3-4-5(6)7/h4-7H,1-3H3;5H,2-4H2,1H3. The molecule has 2 nitrogen and oxygen atoms in total. The number of unbranched alkanes of at least 4 members (excludes halogenated alkanes) is 1. The highest BCUT2D eigenvalue weighted by Crippen LogP contribution is 2.21. The van der Waals surface area contributed by atoms with Crippen LogP contribution in [0.5, 0.6) is 0 Å². The van der Waals surface area contributed by atoms with E-state index >= 15 is 0 Å². The van der Waals surface area contributed by atoms with Crippen molar-refractivity contribution >= 4 is 46.3 Å². The number of carbonyl (C=O) groups is 1. The molecule has 19 heavy (non-hydrogen) atoms. The Bertz CT molecular complexity index is 362. The van der Waals surface area contributed by atoms with E-state index in [0.29, 0.717) is 3.38 Å². The van der Waals surface area contributed by atoms with Crippen LogP contribution in [0.1, 0.15) is 37.3 Å². The highest BCUT2D eigenvalue weighted by Gasteiger charge is 2.05. The fourth-order valence-electron chi connectivity index (χ4n) is 1.77. The molecule has 1 rings (SSSR count). The molecule has 0 aliphatic carbocycles. The van der Waals surface area contributed by atoms with E-state index in [4.69, 9.17) is 11.6 Å². The summed E-state index contributed by atoms with van der Waals surface area (Å²) in [5.41, 5.74) is 3.27. The third kappa shape index (κ3) is 7.78. The van der Waals surface area contributed by atoms with Gasteiger partial charge in [-0.25, -0.2) is 0 Å². The monoisotopic (exact) mass is 395 g/mol. The molecule has 1 aromatic carbocycles. The fourth-order valence-corrected chi connectivity index (χ4v) is 2.37. The predicted octanol–water partition coefficient (Wildman–Crippen LogP) is 5.07. The number of rotatable bonds is 5. The first-order chi connectivity index (χ1) is 8.93. The number of carbonyl (C=O) groups excluding carboxylic acids is 1. The van der Waals surface area contributed by atoms with Crippen LogP contribution in [0, 0.1) is 13.8 Å². The van der Waals surface area contributed by atoms with Crippen molar-refractivity contribution in [1.29, 1.82) is 0 Å². The molecule has 0 saturated carbocycles. The summed E-state index contributed by atoms with van der Waals surface area (Å²) >= 11 is 7.87. The van der Waals surface area contributed by atoms with Crippen molar-refractivity contribution in [3.8, 4) is 0 Å². The minimum atomic E-state index is 0.345. The number of hydrogen-bond acceptors (Lipinski definition) is 1.